The zero-order chi connectivity index (χ0) is 12.7. The van der Waals surface area contributed by atoms with Crippen LogP contribution < -0.4 is 5.32 Å². The highest BCUT2D eigenvalue weighted by Crippen LogP contribution is 2.25. The molecular weight excluding hydrogens is 218 g/mol. The molecule has 0 aromatic rings. The number of hydrogen-bond acceptors (Lipinski definition) is 4. The Morgan fingerprint density at radius 2 is 2.24 bits per heavy atom. The first-order valence-electron chi connectivity index (χ1n) is 6.62. The lowest BCUT2D eigenvalue weighted by Gasteiger charge is -2.28. The summed E-state index contributed by atoms with van der Waals surface area (Å²) in [6.45, 7) is 4.90. The molecule has 100 valence electrons. The summed E-state index contributed by atoms with van der Waals surface area (Å²) < 4.78 is 10.8. The number of nitrogens with one attached hydrogen (secondary N) is 1. The average Bonchev–Trinajstić information content (AvgIpc) is 2.30. The Kier molecular flexibility index (Phi) is 6.52. The lowest BCUT2D eigenvalue weighted by atomic mass is 9.89. The molecule has 3 unspecified atom stereocenters. The molecular formula is C13H25NO3. The van der Waals surface area contributed by atoms with Crippen molar-refractivity contribution in [3.63, 3.8) is 0 Å². The highest BCUT2D eigenvalue weighted by molar-refractivity contribution is 5.75. The van der Waals surface area contributed by atoms with Crippen LogP contribution in [0, 0.1) is 5.92 Å². The summed E-state index contributed by atoms with van der Waals surface area (Å²) in [5.74, 6) is 0.517. The number of carbonyl (C=O) groups is 1. The number of hydrogen-bond donors (Lipinski definition) is 1. The summed E-state index contributed by atoms with van der Waals surface area (Å²) in [7, 11) is 1.76. The van der Waals surface area contributed by atoms with E-state index in [0.717, 1.165) is 18.8 Å². The third kappa shape index (κ3) is 5.04. The fourth-order valence-corrected chi connectivity index (χ4v) is 2.27. The molecule has 4 nitrogen and oxygen atoms in total. The minimum absolute atomic E-state index is 0.223. The maximum Gasteiger partial charge on any atom is 0.325 e. The number of carbonyl (C=O) groups excluding carboxylic acids is 1. The van der Waals surface area contributed by atoms with Crippen molar-refractivity contribution >= 4 is 5.97 Å². The van der Waals surface area contributed by atoms with E-state index in [9.17, 15) is 4.79 Å². The van der Waals surface area contributed by atoms with E-state index in [2.05, 4.69) is 12.2 Å². The third-order valence-corrected chi connectivity index (χ3v) is 3.31. The summed E-state index contributed by atoms with van der Waals surface area (Å²) in [6.07, 6.45) is 5.06. The van der Waals surface area contributed by atoms with E-state index in [-0.39, 0.29) is 12.0 Å². The quantitative estimate of drug-likeness (QED) is 0.722. The Morgan fingerprint density at radius 3 is 2.82 bits per heavy atom. The van der Waals surface area contributed by atoms with Crippen molar-refractivity contribution < 1.29 is 14.3 Å². The Labute approximate surface area is 104 Å². The van der Waals surface area contributed by atoms with Gasteiger partial charge in [-0.25, -0.2) is 0 Å². The molecule has 17 heavy (non-hydrogen) atoms. The van der Waals surface area contributed by atoms with Crippen LogP contribution in [-0.2, 0) is 14.3 Å². The van der Waals surface area contributed by atoms with Crippen LogP contribution >= 0.6 is 0 Å². The maximum absolute atomic E-state index is 11.5. The molecule has 1 aliphatic rings. The van der Waals surface area contributed by atoms with Gasteiger partial charge < -0.3 is 14.8 Å². The molecule has 0 saturated heterocycles. The van der Waals surface area contributed by atoms with Gasteiger partial charge in [0.25, 0.3) is 0 Å². The van der Waals surface area contributed by atoms with Gasteiger partial charge in [0, 0.05) is 0 Å². The molecule has 0 aromatic carbocycles. The summed E-state index contributed by atoms with van der Waals surface area (Å²) >= 11 is 0. The zero-order valence-electron chi connectivity index (χ0n) is 11.2. The molecule has 4 heteroatoms. The summed E-state index contributed by atoms with van der Waals surface area (Å²) in [5, 5.41) is 2.94. The van der Waals surface area contributed by atoms with Crippen molar-refractivity contribution in [1.82, 2.24) is 5.32 Å². The highest BCUT2D eigenvalue weighted by Gasteiger charge is 2.23. The van der Waals surface area contributed by atoms with Crippen molar-refractivity contribution in [2.75, 3.05) is 20.3 Å². The second-order valence-electron chi connectivity index (χ2n) is 4.82. The van der Waals surface area contributed by atoms with Gasteiger partial charge in [-0.1, -0.05) is 19.8 Å². The van der Waals surface area contributed by atoms with Crippen molar-refractivity contribution in [1.29, 1.82) is 0 Å². The molecule has 0 aromatic heterocycles. The third-order valence-electron chi connectivity index (χ3n) is 3.31. The van der Waals surface area contributed by atoms with Gasteiger partial charge in [0.2, 0.25) is 0 Å². The van der Waals surface area contributed by atoms with E-state index in [1.54, 1.807) is 7.05 Å². The van der Waals surface area contributed by atoms with Crippen LogP contribution in [-0.4, -0.2) is 38.4 Å². The molecule has 0 radical (unpaired) electrons. The normalized spacial score (nSPS) is 26.5. The first kappa shape index (κ1) is 14.5. The minimum atomic E-state index is -0.341. The predicted molar refractivity (Wildman–Crippen MR) is 66.9 cm³/mol. The Morgan fingerprint density at radius 1 is 1.47 bits per heavy atom. The fourth-order valence-electron chi connectivity index (χ4n) is 2.27. The van der Waals surface area contributed by atoms with E-state index >= 15 is 0 Å². The topological polar surface area (TPSA) is 47.6 Å². The predicted octanol–water partition coefficient (Wildman–Crippen LogP) is 1.73. The summed E-state index contributed by atoms with van der Waals surface area (Å²) in [4.78, 5) is 11.5. The van der Waals surface area contributed by atoms with Crippen molar-refractivity contribution in [2.24, 2.45) is 5.92 Å². The molecule has 0 heterocycles. The van der Waals surface area contributed by atoms with Crippen LogP contribution in [0.3, 0.4) is 0 Å². The van der Waals surface area contributed by atoms with Gasteiger partial charge in [-0.05, 0) is 32.7 Å². The Balaban J connectivity index is 2.29. The van der Waals surface area contributed by atoms with E-state index in [1.165, 1.54) is 12.8 Å². The Hall–Kier alpha value is -0.610. The molecule has 0 aliphatic heterocycles. The SMILES string of the molecule is CCOC(=O)C(COC1CCCC(C)C1)NC. The van der Waals surface area contributed by atoms with E-state index in [1.807, 2.05) is 6.92 Å². The monoisotopic (exact) mass is 243 g/mol. The molecule has 1 N–H and O–H groups in total. The fraction of sp³-hybridized carbons (Fsp3) is 0.923. The average molecular weight is 243 g/mol. The molecule has 1 fully saturated rings. The lowest BCUT2D eigenvalue weighted by molar-refractivity contribution is -0.148. The molecule has 1 rings (SSSR count). The summed E-state index contributed by atoms with van der Waals surface area (Å²) in [5.41, 5.74) is 0. The second kappa shape index (κ2) is 7.67. The van der Waals surface area contributed by atoms with Crippen LogP contribution in [0.5, 0.6) is 0 Å². The van der Waals surface area contributed by atoms with Crippen molar-refractivity contribution in [3.05, 3.63) is 0 Å². The summed E-state index contributed by atoms with van der Waals surface area (Å²) in [6, 6.07) is -0.341. The molecule has 1 saturated carbocycles. The van der Waals surface area contributed by atoms with Gasteiger partial charge in [-0.3, -0.25) is 4.79 Å². The Bertz CT molecular complexity index is 233. The van der Waals surface area contributed by atoms with Gasteiger partial charge in [-0.15, -0.1) is 0 Å². The van der Waals surface area contributed by atoms with Gasteiger partial charge in [0.15, 0.2) is 0 Å². The molecule has 3 atom stereocenters. The largest absolute Gasteiger partial charge is 0.465 e. The van der Waals surface area contributed by atoms with E-state index in [0.29, 0.717) is 19.3 Å². The van der Waals surface area contributed by atoms with Crippen LogP contribution in [0.25, 0.3) is 0 Å². The van der Waals surface area contributed by atoms with Gasteiger partial charge >= 0.3 is 5.97 Å². The van der Waals surface area contributed by atoms with E-state index in [4.69, 9.17) is 9.47 Å². The molecule has 0 spiro atoms. The number of rotatable bonds is 6. The maximum atomic E-state index is 11.5. The van der Waals surface area contributed by atoms with E-state index < -0.39 is 0 Å². The minimum Gasteiger partial charge on any atom is -0.465 e. The smallest absolute Gasteiger partial charge is 0.325 e. The van der Waals surface area contributed by atoms with Gasteiger partial charge in [0.1, 0.15) is 6.04 Å². The van der Waals surface area contributed by atoms with Crippen LogP contribution in [0.15, 0.2) is 0 Å². The van der Waals surface area contributed by atoms with Crippen LogP contribution in [0.4, 0.5) is 0 Å². The highest BCUT2D eigenvalue weighted by atomic mass is 16.5. The van der Waals surface area contributed by atoms with Gasteiger partial charge in [0.05, 0.1) is 19.3 Å². The lowest BCUT2D eigenvalue weighted by Crippen LogP contribution is -2.41. The number of esters is 1. The first-order valence-corrected chi connectivity index (χ1v) is 6.62. The zero-order valence-corrected chi connectivity index (χ0v) is 11.2. The van der Waals surface area contributed by atoms with Gasteiger partial charge in [-0.2, -0.15) is 0 Å². The van der Waals surface area contributed by atoms with Crippen molar-refractivity contribution in [3.8, 4) is 0 Å². The van der Waals surface area contributed by atoms with Crippen LogP contribution in [0.1, 0.15) is 39.5 Å². The van der Waals surface area contributed by atoms with Crippen LogP contribution in [0.2, 0.25) is 0 Å². The van der Waals surface area contributed by atoms with Crippen molar-refractivity contribution in [2.45, 2.75) is 51.7 Å². The number of ether oxygens (including phenoxy) is 2. The molecule has 0 amide bonds. The second-order valence-corrected chi connectivity index (χ2v) is 4.82. The molecule has 1 aliphatic carbocycles. The standard InChI is InChI=1S/C13H25NO3/c1-4-16-13(15)12(14-3)9-17-11-7-5-6-10(2)8-11/h10-12,14H,4-9H2,1-3H3. The first-order chi connectivity index (χ1) is 8.17. The molecule has 0 bridgehead atoms. The number of likely N-dealkylation sites (N-methyl/N-ethyl adjacent to an activating group) is 1.